The molecule has 1 N–H and O–H groups in total. The minimum atomic E-state index is -1.92. The molecule has 1 aromatic carbocycles. The van der Waals surface area contributed by atoms with Gasteiger partial charge in [-0.1, -0.05) is 18.2 Å². The minimum Gasteiger partial charge on any atom is -0.445 e. The summed E-state index contributed by atoms with van der Waals surface area (Å²) in [7, 11) is -0.0861. The summed E-state index contributed by atoms with van der Waals surface area (Å²) >= 11 is 0. The number of nitrogens with one attached hydrogen (secondary N) is 1. The van der Waals surface area contributed by atoms with Crippen LogP contribution in [0.25, 0.3) is 0 Å². The van der Waals surface area contributed by atoms with Gasteiger partial charge in [0.25, 0.3) is 0 Å². The molecule has 0 aliphatic heterocycles. The van der Waals surface area contributed by atoms with Crippen LogP contribution in [-0.4, -0.2) is 19.8 Å². The molecule has 0 aliphatic rings. The summed E-state index contributed by atoms with van der Waals surface area (Å²) in [6.07, 6.45) is 0.579. The van der Waals surface area contributed by atoms with Crippen LogP contribution in [-0.2, 0) is 4.57 Å². The van der Waals surface area contributed by atoms with Crippen molar-refractivity contribution in [2.24, 2.45) is 0 Å². The van der Waals surface area contributed by atoms with Crippen LogP contribution < -0.4 is 9.84 Å². The maximum absolute atomic E-state index is 11.3. The summed E-state index contributed by atoms with van der Waals surface area (Å²) in [5.41, 5.74) is 0. The van der Waals surface area contributed by atoms with Crippen molar-refractivity contribution in [3.05, 3.63) is 30.3 Å². The van der Waals surface area contributed by atoms with Crippen molar-refractivity contribution in [2.75, 3.05) is 19.8 Å². The minimum absolute atomic E-state index is 0.579. The van der Waals surface area contributed by atoms with E-state index in [1.54, 1.807) is 0 Å². The van der Waals surface area contributed by atoms with Crippen LogP contribution in [0.4, 0.5) is 0 Å². The highest BCUT2D eigenvalue weighted by Gasteiger charge is 1.99. The van der Waals surface area contributed by atoms with Gasteiger partial charge < -0.3 is 9.84 Å². The average Bonchev–Trinajstić information content (AvgIpc) is 2.16. The van der Waals surface area contributed by atoms with Gasteiger partial charge in [-0.2, -0.15) is 0 Å². The maximum atomic E-state index is 11.3. The first-order chi connectivity index (χ1) is 6.33. The third-order valence-electron chi connectivity index (χ3n) is 1.55. The summed E-state index contributed by atoms with van der Waals surface area (Å²) < 4.78 is 16.5. The molecule has 0 bridgehead atoms. The van der Waals surface area contributed by atoms with Crippen molar-refractivity contribution in [3.8, 4) is 5.75 Å². The molecule has 72 valence electrons. The summed E-state index contributed by atoms with van der Waals surface area (Å²) in [5, 5.41) is 2.93. The van der Waals surface area contributed by atoms with Crippen molar-refractivity contribution in [1.29, 1.82) is 0 Å². The quantitative estimate of drug-likeness (QED) is 0.734. The molecular formula is C9H14NO2P. The molecule has 0 saturated heterocycles. The lowest BCUT2D eigenvalue weighted by molar-refractivity contribution is 0.503. The largest absolute Gasteiger partial charge is 0.445 e. The summed E-state index contributed by atoms with van der Waals surface area (Å²) in [6, 6.07) is 9.24. The Bertz CT molecular complexity index is 264. The van der Waals surface area contributed by atoms with Crippen molar-refractivity contribution in [1.82, 2.24) is 5.32 Å². The van der Waals surface area contributed by atoms with Crippen molar-refractivity contribution >= 4 is 8.03 Å². The molecule has 1 unspecified atom stereocenters. The first-order valence-electron chi connectivity index (χ1n) is 4.23. The van der Waals surface area contributed by atoms with Crippen LogP contribution in [0.15, 0.2) is 30.3 Å². The standard InChI is InChI=1S/C9H14NO2P/c1-10-7-8-13(11)12-9-5-3-2-4-6-9/h2-6,10,13H,7-8H2,1H3. The molecule has 0 radical (unpaired) electrons. The predicted octanol–water partition coefficient (Wildman–Crippen LogP) is 1.76. The Hall–Kier alpha value is -0.790. The normalized spacial score (nSPS) is 12.4. The third-order valence-corrected chi connectivity index (χ3v) is 2.68. The molecule has 1 rings (SSSR count). The summed E-state index contributed by atoms with van der Waals surface area (Å²) in [6.45, 7) is 0.727. The van der Waals surface area contributed by atoms with Crippen molar-refractivity contribution in [3.63, 3.8) is 0 Å². The Morgan fingerprint density at radius 1 is 1.38 bits per heavy atom. The van der Waals surface area contributed by atoms with Crippen molar-refractivity contribution < 1.29 is 9.09 Å². The van der Waals surface area contributed by atoms with Gasteiger partial charge in [0.15, 0.2) is 0 Å². The van der Waals surface area contributed by atoms with Crippen LogP contribution in [0, 0.1) is 0 Å². The first-order valence-corrected chi connectivity index (χ1v) is 5.75. The van der Waals surface area contributed by atoms with E-state index in [1.807, 2.05) is 37.4 Å². The molecule has 0 aromatic heterocycles. The fourth-order valence-electron chi connectivity index (χ4n) is 0.898. The second-order valence-electron chi connectivity index (χ2n) is 2.64. The zero-order valence-electron chi connectivity index (χ0n) is 7.62. The predicted molar refractivity (Wildman–Crippen MR) is 54.9 cm³/mol. The lowest BCUT2D eigenvalue weighted by atomic mass is 10.3. The monoisotopic (exact) mass is 199 g/mol. The molecular weight excluding hydrogens is 185 g/mol. The van der Waals surface area contributed by atoms with Crippen LogP contribution >= 0.6 is 8.03 Å². The molecule has 3 nitrogen and oxygen atoms in total. The fraction of sp³-hybridized carbons (Fsp3) is 0.333. The van der Waals surface area contributed by atoms with Gasteiger partial charge in [0.2, 0.25) is 8.03 Å². The van der Waals surface area contributed by atoms with Gasteiger partial charge in [-0.05, 0) is 19.2 Å². The second kappa shape index (κ2) is 5.79. The van der Waals surface area contributed by atoms with Gasteiger partial charge in [-0.25, -0.2) is 0 Å². The zero-order chi connectivity index (χ0) is 9.52. The number of para-hydroxylation sites is 1. The van der Waals surface area contributed by atoms with E-state index in [9.17, 15) is 4.57 Å². The lowest BCUT2D eigenvalue weighted by Crippen LogP contribution is -2.10. The molecule has 0 heterocycles. The summed E-state index contributed by atoms with van der Waals surface area (Å²) in [4.78, 5) is 0. The first kappa shape index (κ1) is 10.3. The van der Waals surface area contributed by atoms with Gasteiger partial charge in [0.1, 0.15) is 5.75 Å². The molecule has 0 spiro atoms. The Labute approximate surface area is 79.0 Å². The van der Waals surface area contributed by atoms with Gasteiger partial charge in [0.05, 0.1) is 0 Å². The van der Waals surface area contributed by atoms with Crippen LogP contribution in [0.3, 0.4) is 0 Å². The smallest absolute Gasteiger partial charge is 0.237 e. The highest BCUT2D eigenvalue weighted by molar-refractivity contribution is 7.39. The molecule has 13 heavy (non-hydrogen) atoms. The molecule has 0 fully saturated rings. The van der Waals surface area contributed by atoms with E-state index in [1.165, 1.54) is 0 Å². The zero-order valence-corrected chi connectivity index (χ0v) is 8.62. The van der Waals surface area contributed by atoms with E-state index in [4.69, 9.17) is 4.52 Å². The van der Waals surface area contributed by atoms with Gasteiger partial charge in [-0.15, -0.1) is 0 Å². The van der Waals surface area contributed by atoms with E-state index in [0.717, 1.165) is 6.54 Å². The number of hydrogen-bond donors (Lipinski definition) is 1. The molecule has 1 aromatic rings. The third kappa shape index (κ3) is 4.11. The SMILES string of the molecule is CNCC[PH](=O)Oc1ccccc1. The topological polar surface area (TPSA) is 38.3 Å². The Balaban J connectivity index is 2.37. The molecule has 1 atom stereocenters. The molecule has 0 amide bonds. The van der Waals surface area contributed by atoms with E-state index in [-0.39, 0.29) is 0 Å². The van der Waals surface area contributed by atoms with E-state index in [2.05, 4.69) is 5.32 Å². The van der Waals surface area contributed by atoms with E-state index in [0.29, 0.717) is 11.9 Å². The van der Waals surface area contributed by atoms with Crippen molar-refractivity contribution in [2.45, 2.75) is 0 Å². The molecule has 0 aliphatic carbocycles. The average molecular weight is 199 g/mol. The maximum Gasteiger partial charge on any atom is 0.237 e. The Morgan fingerprint density at radius 3 is 2.69 bits per heavy atom. The van der Waals surface area contributed by atoms with Gasteiger partial charge >= 0.3 is 0 Å². The van der Waals surface area contributed by atoms with Crippen LogP contribution in [0.5, 0.6) is 5.75 Å². The van der Waals surface area contributed by atoms with E-state index >= 15 is 0 Å². The fourth-order valence-corrected chi connectivity index (χ4v) is 1.85. The summed E-state index contributed by atoms with van der Waals surface area (Å²) in [5.74, 6) is 0.683. The number of benzene rings is 1. The molecule has 0 saturated carbocycles. The number of rotatable bonds is 5. The van der Waals surface area contributed by atoms with Crippen LogP contribution in [0.1, 0.15) is 0 Å². The Morgan fingerprint density at radius 2 is 2.08 bits per heavy atom. The lowest BCUT2D eigenvalue weighted by Gasteiger charge is -2.04. The van der Waals surface area contributed by atoms with E-state index < -0.39 is 8.03 Å². The van der Waals surface area contributed by atoms with Crippen LogP contribution in [0.2, 0.25) is 0 Å². The highest BCUT2D eigenvalue weighted by atomic mass is 31.1. The second-order valence-corrected chi connectivity index (χ2v) is 4.09. The highest BCUT2D eigenvalue weighted by Crippen LogP contribution is 2.25. The Kier molecular flexibility index (Phi) is 4.58. The molecule has 4 heteroatoms. The van der Waals surface area contributed by atoms with Gasteiger partial charge in [0, 0.05) is 12.7 Å². The number of hydrogen-bond acceptors (Lipinski definition) is 3. The van der Waals surface area contributed by atoms with Gasteiger partial charge in [-0.3, -0.25) is 4.57 Å².